The van der Waals surface area contributed by atoms with Crippen LogP contribution in [-0.4, -0.2) is 126 Å². The van der Waals surface area contributed by atoms with Crippen molar-refractivity contribution in [3.63, 3.8) is 0 Å². The number of likely N-dealkylation sites (tertiary alicyclic amines) is 1. The molecule has 0 bridgehead atoms. The van der Waals surface area contributed by atoms with Gasteiger partial charge in [0.15, 0.2) is 0 Å². The third-order valence-electron chi connectivity index (χ3n) is 22.5. The lowest BCUT2D eigenvalue weighted by atomic mass is 9.87. The van der Waals surface area contributed by atoms with Gasteiger partial charge in [-0.2, -0.15) is 0 Å². The number of aryl methyl sites for hydroxylation is 7. The molecule has 1 fully saturated rings. The van der Waals surface area contributed by atoms with Gasteiger partial charge < -0.3 is 47.9 Å². The van der Waals surface area contributed by atoms with Gasteiger partial charge in [-0.05, 0) is 233 Å². The van der Waals surface area contributed by atoms with Crippen molar-refractivity contribution in [3.05, 3.63) is 246 Å². The molecule has 10 heterocycles. The van der Waals surface area contributed by atoms with E-state index in [4.69, 9.17) is 11.6 Å². The van der Waals surface area contributed by atoms with Gasteiger partial charge in [0.1, 0.15) is 5.82 Å². The molecule has 14 heteroatoms. The van der Waals surface area contributed by atoms with Crippen molar-refractivity contribution in [1.29, 1.82) is 0 Å². The number of aromatic nitrogens is 5. The predicted molar refractivity (Wildman–Crippen MR) is 422 cm³/mol. The summed E-state index contributed by atoms with van der Waals surface area (Å²) in [6, 6.07) is 38.7. The lowest BCUT2D eigenvalue weighted by Gasteiger charge is -2.27. The summed E-state index contributed by atoms with van der Waals surface area (Å²) in [4.78, 5) is 28.5. The highest BCUT2D eigenvalue weighted by Gasteiger charge is 2.31. The van der Waals surface area contributed by atoms with E-state index in [-0.39, 0.29) is 11.7 Å². The Morgan fingerprint density at radius 3 is 1.46 bits per heavy atom. The fraction of sp³-hybridized carbons (Fsp3) is 0.386. The van der Waals surface area contributed by atoms with E-state index in [2.05, 4.69) is 194 Å². The Morgan fingerprint density at radius 2 is 0.961 bits per heavy atom. The number of hydrogen-bond donors (Lipinski definition) is 1. The van der Waals surface area contributed by atoms with Crippen LogP contribution >= 0.6 is 11.6 Å². The highest BCUT2D eigenvalue weighted by Crippen LogP contribution is 2.40. The maximum Gasteiger partial charge on any atom is 0.227 e. The third-order valence-corrected chi connectivity index (χ3v) is 22.8. The van der Waals surface area contributed by atoms with Gasteiger partial charge in [0.25, 0.3) is 0 Å². The highest BCUT2D eigenvalue weighted by molar-refractivity contribution is 6.31. The summed E-state index contributed by atoms with van der Waals surface area (Å²) in [7, 11) is 17.5. The zero-order valence-corrected chi connectivity index (χ0v) is 63.4. The van der Waals surface area contributed by atoms with E-state index < -0.39 is 5.60 Å². The van der Waals surface area contributed by atoms with Crippen molar-refractivity contribution >= 4 is 78.3 Å². The van der Waals surface area contributed by atoms with Gasteiger partial charge in [-0.15, -0.1) is 0 Å². The lowest BCUT2D eigenvalue weighted by molar-refractivity contribution is -0.131. The summed E-state index contributed by atoms with van der Waals surface area (Å²) in [6.07, 6.45) is 15.7. The first kappa shape index (κ1) is 72.0. The summed E-state index contributed by atoms with van der Waals surface area (Å²) in [5.74, 6) is 0.0262. The zero-order chi connectivity index (χ0) is 72.0. The maximum atomic E-state index is 13.2. The van der Waals surface area contributed by atoms with Crippen LogP contribution in [0.1, 0.15) is 134 Å². The number of aliphatic hydroxyl groups is 1. The fourth-order valence-electron chi connectivity index (χ4n) is 17.3. The number of amides is 1. The Labute approximate surface area is 608 Å². The quantitative estimate of drug-likeness (QED) is 0.146. The fourth-order valence-corrected chi connectivity index (χ4v) is 17.6. The number of nitrogens with zero attached hydrogens (tertiary/aromatic N) is 10. The molecule has 12 nitrogen and oxygen atoms in total. The van der Waals surface area contributed by atoms with Gasteiger partial charge in [-0.1, -0.05) is 83.9 Å². The van der Waals surface area contributed by atoms with E-state index in [1.165, 1.54) is 152 Å². The second kappa shape index (κ2) is 30.1. The second-order valence-electron chi connectivity index (χ2n) is 30.5. The molecular weight excluding hydrogens is 1280 g/mol. The Balaban J connectivity index is 0.000000121. The number of halogens is 2. The molecule has 1 unspecified atom stereocenters. The minimum Gasteiger partial charge on any atom is -0.385 e. The minimum absolute atomic E-state index is 0.210. The number of likely N-dealkylation sites (N-methyl/N-ethyl adjacent to an activating group) is 4. The van der Waals surface area contributed by atoms with Gasteiger partial charge in [0.2, 0.25) is 5.91 Å². The molecule has 0 aliphatic carbocycles. The third kappa shape index (κ3) is 14.9. The first-order valence-corrected chi connectivity index (χ1v) is 37.2. The number of hydrogen-bond acceptors (Lipinski definition) is 7. The molecule has 16 rings (SSSR count). The van der Waals surface area contributed by atoms with Crippen LogP contribution in [0.15, 0.2) is 134 Å². The zero-order valence-electron chi connectivity index (χ0n) is 62.6. The molecule has 1 N–H and O–H groups in total. The number of piperidine rings is 1. The van der Waals surface area contributed by atoms with Crippen LogP contribution in [-0.2, 0) is 110 Å². The molecule has 1 saturated heterocycles. The molecule has 0 saturated carbocycles. The Bertz CT molecular complexity index is 4990. The van der Waals surface area contributed by atoms with E-state index in [9.17, 15) is 14.3 Å². The second-order valence-corrected chi connectivity index (χ2v) is 31.0. The summed E-state index contributed by atoms with van der Waals surface area (Å²) in [6.45, 7) is 25.1. The number of fused-ring (bicyclic) bond motifs is 12. The Hall–Kier alpha value is -8.40. The average Bonchev–Trinajstić information content (AvgIpc) is 1.61. The monoisotopic (exact) mass is 1390 g/mol. The normalized spacial score (nSPS) is 16.5. The number of benzene rings is 6. The lowest BCUT2D eigenvalue weighted by Crippen LogP contribution is -2.36. The summed E-state index contributed by atoms with van der Waals surface area (Å²) < 4.78 is 22.7. The van der Waals surface area contributed by atoms with Crippen LogP contribution in [0.3, 0.4) is 0 Å². The van der Waals surface area contributed by atoms with Crippen molar-refractivity contribution < 1.29 is 14.3 Å². The van der Waals surface area contributed by atoms with Crippen molar-refractivity contribution in [1.82, 2.24) is 47.8 Å². The number of pyridine rings is 1. The molecule has 6 aromatic carbocycles. The topological polar surface area (TPSA) is 86.1 Å². The molecule has 102 heavy (non-hydrogen) atoms. The predicted octanol–water partition coefficient (Wildman–Crippen LogP) is 16.6. The Morgan fingerprint density at radius 1 is 0.529 bits per heavy atom. The van der Waals surface area contributed by atoms with Crippen LogP contribution in [0.25, 0.3) is 60.8 Å². The highest BCUT2D eigenvalue weighted by atomic mass is 35.5. The largest absolute Gasteiger partial charge is 0.385 e. The maximum absolute atomic E-state index is 13.2. The molecular formula is C88H104ClFN10O2. The molecule has 5 aromatic heterocycles. The van der Waals surface area contributed by atoms with Crippen molar-refractivity contribution in [2.75, 3.05) is 67.5 Å². The first-order chi connectivity index (χ1) is 48.9. The van der Waals surface area contributed by atoms with Gasteiger partial charge in [0.05, 0.1) is 34.1 Å². The number of carbonyl (C=O) groups excluding carboxylic acids is 1. The minimum atomic E-state index is -0.885. The van der Waals surface area contributed by atoms with E-state index in [0.29, 0.717) is 12.8 Å². The number of carbonyl (C=O) groups is 1. The van der Waals surface area contributed by atoms with Crippen LogP contribution < -0.4 is 0 Å². The summed E-state index contributed by atoms with van der Waals surface area (Å²) in [5, 5.41) is 17.3. The van der Waals surface area contributed by atoms with Crippen molar-refractivity contribution in [2.24, 2.45) is 28.2 Å². The van der Waals surface area contributed by atoms with E-state index in [1.807, 2.05) is 72.7 Å². The summed E-state index contributed by atoms with van der Waals surface area (Å²) in [5.41, 5.74) is 30.1. The van der Waals surface area contributed by atoms with Gasteiger partial charge >= 0.3 is 0 Å². The summed E-state index contributed by atoms with van der Waals surface area (Å²) >= 11 is 6.43. The molecule has 11 aromatic rings. The smallest absolute Gasteiger partial charge is 0.227 e. The Kier molecular flexibility index (Phi) is 21.3. The molecule has 1 amide bonds. The molecule has 1 atom stereocenters. The van der Waals surface area contributed by atoms with Gasteiger partial charge in [-0.25, -0.2) is 4.39 Å². The average molecular weight is 1390 g/mol. The van der Waals surface area contributed by atoms with Crippen LogP contribution in [0, 0.1) is 26.6 Å². The van der Waals surface area contributed by atoms with Crippen molar-refractivity contribution in [2.45, 2.75) is 131 Å². The molecule has 0 spiro atoms. The van der Waals surface area contributed by atoms with Crippen molar-refractivity contribution in [3.8, 4) is 0 Å². The van der Waals surface area contributed by atoms with E-state index >= 15 is 0 Å². The molecule has 532 valence electrons. The van der Waals surface area contributed by atoms with E-state index in [0.717, 1.165) is 138 Å². The number of rotatable bonds is 10. The van der Waals surface area contributed by atoms with E-state index in [1.54, 1.807) is 0 Å². The van der Waals surface area contributed by atoms with Gasteiger partial charge in [-0.3, -0.25) is 9.78 Å². The molecule has 5 aliphatic rings. The SMILES string of the molecule is C/C(=C/c1cc(C)cc2c3c(n(C)c12)CCN(C)C3)c1ccncc1.C=C(Cc1cc(C)cc2c3c(n(C)c12)CCN(C)C3)c1ccc(F)cc1.CN1CCc2c(c3cc(Cl)cc(CC(=O)N4CCCCC4)c3n2C)C1.Cc1cc(CC(C)(O)c2ccccc2)c2c(c1)c1c(n2C)CCN(C)C1. The van der Waals surface area contributed by atoms with Crippen LogP contribution in [0.4, 0.5) is 4.39 Å². The first-order valence-electron chi connectivity index (χ1n) is 36.8. The molecule has 0 radical (unpaired) electrons. The number of allylic oxidation sites excluding steroid dienone is 2. The van der Waals surface area contributed by atoms with Gasteiger partial charge in [0, 0.05) is 187 Å². The van der Waals surface area contributed by atoms with Crippen LogP contribution in [0.5, 0.6) is 0 Å². The van der Waals surface area contributed by atoms with Crippen LogP contribution in [0.2, 0.25) is 5.02 Å². The standard InChI is InChI=1S/C23H25FN2.C23H28N2O.C22H25N3.C20H26ClN3O/c1-15-11-18(13-16(2)17-5-7-19(24)8-6-17)23-20(12-15)21-14-25(3)10-9-22(21)26(23)4;1-16-12-17(14-23(2,26)18-8-6-5-7-9-18)22-19(13-16)20-15-24(3)11-10-21(20)25(22)4;1-15-11-18(13-16(2)17-5-8-23-9-6-17)22-19(12-15)20-14-24(3)10-7-21(20)25(22)4;1-22-9-6-18-17(13-22)16-12-15(21)10-14(20(16)23(18)2)11-19(25)24-7-4-3-5-8-24/h5-8,11-12H,2,9-10,13-14H2,1,3-4H3;5-9,12-13,26H,10-11,14-15H2,1-4H3;5-6,8-9,11-13H,7,10,14H2,1-4H3;10,12H,3-9,11,13H2,1-2H3/b;;16-13-;. The molecule has 5 aliphatic heterocycles.